The van der Waals surface area contributed by atoms with Crippen molar-refractivity contribution in [1.82, 2.24) is 15.6 Å². The molecule has 0 aromatic carbocycles. The Morgan fingerprint density at radius 1 is 1.42 bits per heavy atom. The summed E-state index contributed by atoms with van der Waals surface area (Å²) in [6, 6.07) is 2.98. The molecule has 0 aliphatic heterocycles. The summed E-state index contributed by atoms with van der Waals surface area (Å²) in [4.78, 5) is 27.6. The Morgan fingerprint density at radius 3 is 2.74 bits per heavy atom. The third-order valence-corrected chi connectivity index (χ3v) is 3.03. The summed E-state index contributed by atoms with van der Waals surface area (Å²) >= 11 is 1.29. The lowest BCUT2D eigenvalue weighted by Gasteiger charge is -2.08. The number of nitrogens with one attached hydrogen (secondary N) is 2. The Morgan fingerprint density at radius 2 is 2.16 bits per heavy atom. The quantitative estimate of drug-likeness (QED) is 0.706. The van der Waals surface area contributed by atoms with Gasteiger partial charge >= 0.3 is 6.03 Å². The second-order valence-corrected chi connectivity index (χ2v) is 5.41. The van der Waals surface area contributed by atoms with Crippen LogP contribution in [-0.2, 0) is 4.79 Å². The minimum absolute atomic E-state index is 0.153. The Balaban J connectivity index is 2.27. The third kappa shape index (κ3) is 6.66. The van der Waals surface area contributed by atoms with Crippen molar-refractivity contribution >= 4 is 29.5 Å². The van der Waals surface area contributed by atoms with Crippen molar-refractivity contribution < 1.29 is 9.59 Å². The van der Waals surface area contributed by atoms with Crippen molar-refractivity contribution in [2.75, 3.05) is 18.0 Å². The molecule has 0 saturated heterocycles. The molecular weight excluding hydrogens is 264 g/mol. The van der Waals surface area contributed by atoms with Gasteiger partial charge in [-0.3, -0.25) is 10.1 Å². The molecule has 7 heteroatoms. The molecule has 0 bridgehead atoms. The molecule has 0 atom stereocenters. The van der Waals surface area contributed by atoms with E-state index in [-0.39, 0.29) is 11.7 Å². The highest BCUT2D eigenvalue weighted by molar-refractivity contribution is 8.00. The van der Waals surface area contributed by atoms with Crippen molar-refractivity contribution in [1.29, 1.82) is 0 Å². The Labute approximate surface area is 116 Å². The maximum absolute atomic E-state index is 11.5. The molecular formula is C12H18N4O2S. The fraction of sp³-hybridized carbons (Fsp3) is 0.417. The van der Waals surface area contributed by atoms with Crippen LogP contribution in [0.1, 0.15) is 13.8 Å². The van der Waals surface area contributed by atoms with E-state index < -0.39 is 6.03 Å². The van der Waals surface area contributed by atoms with E-state index in [1.165, 1.54) is 11.8 Å². The summed E-state index contributed by atoms with van der Waals surface area (Å²) in [5.74, 6) is 0.585. The molecule has 0 aliphatic carbocycles. The number of hydrogen-bond donors (Lipinski definition) is 3. The van der Waals surface area contributed by atoms with Crippen LogP contribution >= 0.6 is 11.8 Å². The number of nitrogens with two attached hydrogens (primary N) is 1. The number of anilines is 1. The number of rotatable bonds is 5. The molecule has 19 heavy (non-hydrogen) atoms. The average molecular weight is 282 g/mol. The molecule has 4 N–H and O–H groups in total. The number of thioether (sulfide) groups is 1. The van der Waals surface area contributed by atoms with E-state index in [0.29, 0.717) is 18.3 Å². The number of pyridine rings is 1. The monoisotopic (exact) mass is 282 g/mol. The van der Waals surface area contributed by atoms with Crippen molar-refractivity contribution in [3.63, 3.8) is 0 Å². The van der Waals surface area contributed by atoms with Gasteiger partial charge in [0.1, 0.15) is 5.82 Å². The first kappa shape index (κ1) is 15.3. The fourth-order valence-corrected chi connectivity index (χ4v) is 1.79. The van der Waals surface area contributed by atoms with Crippen molar-refractivity contribution in [2.24, 2.45) is 5.92 Å². The number of urea groups is 1. The normalized spacial score (nSPS) is 10.3. The first-order valence-electron chi connectivity index (χ1n) is 5.89. The molecule has 3 amide bonds. The third-order valence-electron chi connectivity index (χ3n) is 2.05. The molecule has 1 aromatic rings. The minimum Gasteiger partial charge on any atom is -0.384 e. The van der Waals surface area contributed by atoms with E-state index in [2.05, 4.69) is 15.6 Å². The molecule has 0 unspecified atom stereocenters. The van der Waals surface area contributed by atoms with E-state index in [4.69, 9.17) is 5.73 Å². The number of hydrogen-bond acceptors (Lipinski definition) is 5. The topological polar surface area (TPSA) is 97.1 Å². The van der Waals surface area contributed by atoms with Crippen molar-refractivity contribution in [2.45, 2.75) is 18.7 Å². The zero-order valence-corrected chi connectivity index (χ0v) is 11.8. The van der Waals surface area contributed by atoms with Crippen LogP contribution in [-0.4, -0.2) is 29.2 Å². The average Bonchev–Trinajstić information content (AvgIpc) is 2.36. The zero-order valence-electron chi connectivity index (χ0n) is 11.0. The van der Waals surface area contributed by atoms with E-state index in [1.54, 1.807) is 18.3 Å². The molecule has 1 heterocycles. The smallest absolute Gasteiger partial charge is 0.321 e. The summed E-state index contributed by atoms with van der Waals surface area (Å²) in [6.45, 7) is 4.49. The standard InChI is InChI=1S/C12H18N4O2S/c1-8(2)5-15-12(18)16-11(17)7-19-9-3-4-10(13)14-6-9/h3-4,6,8H,5,7H2,1-2H3,(H2,13,14)(H2,15,16,17,18). The van der Waals surface area contributed by atoms with Gasteiger partial charge in [-0.1, -0.05) is 13.8 Å². The highest BCUT2D eigenvalue weighted by atomic mass is 32.2. The van der Waals surface area contributed by atoms with Gasteiger partial charge in [-0.05, 0) is 18.1 Å². The lowest BCUT2D eigenvalue weighted by atomic mass is 10.2. The summed E-state index contributed by atoms with van der Waals surface area (Å²) in [6.07, 6.45) is 1.59. The number of nitrogen functional groups attached to an aromatic ring is 1. The molecule has 0 fully saturated rings. The summed E-state index contributed by atoms with van der Waals surface area (Å²) < 4.78 is 0. The molecule has 0 radical (unpaired) electrons. The van der Waals surface area contributed by atoms with E-state index in [9.17, 15) is 9.59 Å². The van der Waals surface area contributed by atoms with Crippen LogP contribution in [0.5, 0.6) is 0 Å². The number of amides is 3. The second kappa shape index (κ2) is 7.63. The Hall–Kier alpha value is -1.76. The number of carbonyl (C=O) groups excluding carboxylic acids is 2. The van der Waals surface area contributed by atoms with E-state index in [1.807, 2.05) is 13.8 Å². The Bertz CT molecular complexity index is 434. The van der Waals surface area contributed by atoms with Gasteiger partial charge in [-0.2, -0.15) is 0 Å². The van der Waals surface area contributed by atoms with Gasteiger partial charge < -0.3 is 11.1 Å². The molecule has 0 saturated carbocycles. The molecule has 6 nitrogen and oxygen atoms in total. The predicted molar refractivity (Wildman–Crippen MR) is 75.8 cm³/mol. The van der Waals surface area contributed by atoms with Crippen LogP contribution < -0.4 is 16.4 Å². The van der Waals surface area contributed by atoms with Crippen LogP contribution in [0.3, 0.4) is 0 Å². The molecule has 104 valence electrons. The second-order valence-electron chi connectivity index (χ2n) is 4.36. The van der Waals surface area contributed by atoms with Gasteiger partial charge in [-0.25, -0.2) is 9.78 Å². The van der Waals surface area contributed by atoms with Crippen LogP contribution in [0, 0.1) is 5.92 Å². The molecule has 0 aliphatic rings. The lowest BCUT2D eigenvalue weighted by molar-refractivity contribution is -0.117. The van der Waals surface area contributed by atoms with E-state index in [0.717, 1.165) is 4.90 Å². The van der Waals surface area contributed by atoms with Gasteiger partial charge in [0.25, 0.3) is 0 Å². The first-order valence-corrected chi connectivity index (χ1v) is 6.88. The van der Waals surface area contributed by atoms with Gasteiger partial charge in [-0.15, -0.1) is 11.8 Å². The van der Waals surface area contributed by atoms with Crippen molar-refractivity contribution in [3.8, 4) is 0 Å². The highest BCUT2D eigenvalue weighted by Crippen LogP contribution is 2.16. The molecule has 1 aromatic heterocycles. The summed E-state index contributed by atoms with van der Waals surface area (Å²) in [7, 11) is 0. The maximum Gasteiger partial charge on any atom is 0.321 e. The van der Waals surface area contributed by atoms with Gasteiger partial charge in [0.2, 0.25) is 5.91 Å². The lowest BCUT2D eigenvalue weighted by Crippen LogP contribution is -2.41. The largest absolute Gasteiger partial charge is 0.384 e. The SMILES string of the molecule is CC(C)CNC(=O)NC(=O)CSc1ccc(N)nc1. The van der Waals surface area contributed by atoms with Crippen LogP contribution in [0.25, 0.3) is 0 Å². The van der Waals surface area contributed by atoms with Crippen molar-refractivity contribution in [3.05, 3.63) is 18.3 Å². The summed E-state index contributed by atoms with van der Waals surface area (Å²) in [5.41, 5.74) is 5.45. The molecule has 1 rings (SSSR count). The minimum atomic E-state index is -0.463. The fourth-order valence-electron chi connectivity index (χ4n) is 1.13. The zero-order chi connectivity index (χ0) is 14.3. The number of nitrogens with zero attached hydrogens (tertiary/aromatic N) is 1. The van der Waals surface area contributed by atoms with Crippen LogP contribution in [0.4, 0.5) is 10.6 Å². The van der Waals surface area contributed by atoms with Gasteiger partial charge in [0.05, 0.1) is 5.75 Å². The Kier molecular flexibility index (Phi) is 6.14. The summed E-state index contributed by atoms with van der Waals surface area (Å²) in [5, 5.41) is 4.87. The van der Waals surface area contributed by atoms with Gasteiger partial charge in [0, 0.05) is 17.6 Å². The van der Waals surface area contributed by atoms with Gasteiger partial charge in [0.15, 0.2) is 0 Å². The first-order chi connectivity index (χ1) is 8.97. The number of carbonyl (C=O) groups is 2. The number of aromatic nitrogens is 1. The van der Waals surface area contributed by atoms with Crippen LogP contribution in [0.15, 0.2) is 23.2 Å². The van der Waals surface area contributed by atoms with Crippen LogP contribution in [0.2, 0.25) is 0 Å². The van der Waals surface area contributed by atoms with E-state index >= 15 is 0 Å². The molecule has 0 spiro atoms. The maximum atomic E-state index is 11.5. The predicted octanol–water partition coefficient (Wildman–Crippen LogP) is 1.24. The number of imide groups is 1. The highest BCUT2D eigenvalue weighted by Gasteiger charge is 2.08.